The zero-order valence-corrected chi connectivity index (χ0v) is 14.4. The van der Waals surface area contributed by atoms with Crippen LogP contribution in [0.4, 0.5) is 26.3 Å². The lowest BCUT2D eigenvalue weighted by Gasteiger charge is -2.14. The van der Waals surface area contributed by atoms with Crippen LogP contribution in [-0.2, 0) is 12.7 Å². The first-order valence-corrected chi connectivity index (χ1v) is 6.29. The quantitative estimate of drug-likeness (QED) is 0.313. The molecule has 10 heteroatoms. The van der Waals surface area contributed by atoms with Crippen LogP contribution < -0.4 is 10.6 Å². The van der Waals surface area contributed by atoms with E-state index in [0.717, 1.165) is 12.1 Å². The molecule has 0 bridgehead atoms. The van der Waals surface area contributed by atoms with Gasteiger partial charge in [-0.3, -0.25) is 4.99 Å². The average molecular weight is 455 g/mol. The van der Waals surface area contributed by atoms with Crippen molar-refractivity contribution in [1.82, 2.24) is 10.6 Å². The highest BCUT2D eigenvalue weighted by atomic mass is 127. The van der Waals surface area contributed by atoms with Gasteiger partial charge in [0, 0.05) is 20.1 Å². The second kappa shape index (κ2) is 9.18. The lowest BCUT2D eigenvalue weighted by Crippen LogP contribution is -2.38. The van der Waals surface area contributed by atoms with Crippen molar-refractivity contribution in [3.05, 3.63) is 35.4 Å². The number of halogens is 7. The van der Waals surface area contributed by atoms with E-state index in [9.17, 15) is 26.3 Å². The third-order valence-electron chi connectivity index (χ3n) is 2.64. The average Bonchev–Trinajstić information content (AvgIpc) is 2.40. The lowest BCUT2D eigenvalue weighted by atomic mass is 10.1. The molecule has 0 heterocycles. The normalized spacial score (nSPS) is 12.6. The van der Waals surface area contributed by atoms with Crippen LogP contribution in [0.2, 0.25) is 0 Å². The minimum absolute atomic E-state index is 0. The van der Waals surface area contributed by atoms with Gasteiger partial charge in [-0.05, 0) is 17.7 Å². The highest BCUT2D eigenvalue weighted by Gasteiger charge is 2.30. The molecule has 0 aliphatic carbocycles. The van der Waals surface area contributed by atoms with Gasteiger partial charge in [-0.2, -0.15) is 26.3 Å². The van der Waals surface area contributed by atoms with Gasteiger partial charge in [-0.15, -0.1) is 24.0 Å². The van der Waals surface area contributed by atoms with Crippen molar-refractivity contribution in [3.8, 4) is 0 Å². The maximum atomic E-state index is 12.5. The first-order valence-electron chi connectivity index (χ1n) is 6.29. The van der Waals surface area contributed by atoms with E-state index in [-0.39, 0.29) is 43.0 Å². The number of hydrogen-bond acceptors (Lipinski definition) is 1. The molecule has 0 spiro atoms. The Bertz CT molecular complexity index is 513. The van der Waals surface area contributed by atoms with E-state index < -0.39 is 24.3 Å². The van der Waals surface area contributed by atoms with Gasteiger partial charge in [-0.25, -0.2) is 0 Å². The molecule has 1 rings (SSSR count). The summed E-state index contributed by atoms with van der Waals surface area (Å²) in [5.74, 6) is 0.0849. The predicted octanol–water partition coefficient (Wildman–Crippen LogP) is 3.94. The Hall–Kier alpha value is -1.20. The number of hydrogen-bond donors (Lipinski definition) is 2. The van der Waals surface area contributed by atoms with E-state index in [1.807, 2.05) is 0 Å². The van der Waals surface area contributed by atoms with Gasteiger partial charge in [-0.1, -0.05) is 12.1 Å². The number of alkyl halides is 6. The summed E-state index contributed by atoms with van der Waals surface area (Å²) in [7, 11) is 1.36. The first kappa shape index (κ1) is 21.8. The molecule has 0 unspecified atom stereocenters. The molecule has 1 aromatic carbocycles. The van der Waals surface area contributed by atoms with Crippen molar-refractivity contribution in [2.45, 2.75) is 25.3 Å². The summed E-state index contributed by atoms with van der Waals surface area (Å²) in [6, 6.07) is 4.65. The highest BCUT2D eigenvalue weighted by molar-refractivity contribution is 14.0. The number of nitrogens with one attached hydrogen (secondary N) is 2. The van der Waals surface area contributed by atoms with Crippen LogP contribution in [0.3, 0.4) is 0 Å². The summed E-state index contributed by atoms with van der Waals surface area (Å²) < 4.78 is 73.7. The van der Waals surface area contributed by atoms with E-state index in [4.69, 9.17) is 0 Å². The zero-order valence-electron chi connectivity index (χ0n) is 12.1. The van der Waals surface area contributed by atoms with Gasteiger partial charge < -0.3 is 10.6 Å². The fourth-order valence-corrected chi connectivity index (χ4v) is 1.59. The SMILES string of the molecule is CN=C(NCCC(F)(F)F)NCc1cccc(C(F)(F)F)c1.I. The summed E-state index contributed by atoms with van der Waals surface area (Å²) in [5.41, 5.74) is -0.444. The zero-order chi connectivity index (χ0) is 16.8. The molecule has 23 heavy (non-hydrogen) atoms. The summed E-state index contributed by atoms with van der Waals surface area (Å²) in [4.78, 5) is 3.70. The minimum Gasteiger partial charge on any atom is -0.356 e. The van der Waals surface area contributed by atoms with E-state index in [1.165, 1.54) is 19.2 Å². The molecule has 0 radical (unpaired) electrons. The third-order valence-corrected chi connectivity index (χ3v) is 2.64. The molecule has 0 aliphatic heterocycles. The molecule has 0 amide bonds. The van der Waals surface area contributed by atoms with Crippen molar-refractivity contribution in [2.75, 3.05) is 13.6 Å². The second-order valence-electron chi connectivity index (χ2n) is 4.42. The van der Waals surface area contributed by atoms with Gasteiger partial charge in [0.2, 0.25) is 0 Å². The van der Waals surface area contributed by atoms with Crippen molar-refractivity contribution in [2.24, 2.45) is 4.99 Å². The second-order valence-corrected chi connectivity index (χ2v) is 4.42. The van der Waals surface area contributed by atoms with Crippen LogP contribution in [0.5, 0.6) is 0 Å². The molecule has 132 valence electrons. The molecule has 0 saturated carbocycles. The molecular formula is C13H16F6IN3. The molecule has 2 N–H and O–H groups in total. The Labute approximate surface area is 146 Å². The van der Waals surface area contributed by atoms with Crippen molar-refractivity contribution in [1.29, 1.82) is 0 Å². The van der Waals surface area contributed by atoms with Crippen LogP contribution in [0.1, 0.15) is 17.5 Å². The molecule has 3 nitrogen and oxygen atoms in total. The van der Waals surface area contributed by atoms with E-state index in [0.29, 0.717) is 5.56 Å². The van der Waals surface area contributed by atoms with Gasteiger partial charge in [0.1, 0.15) is 0 Å². The fourth-order valence-electron chi connectivity index (χ4n) is 1.59. The minimum atomic E-state index is -4.44. The number of rotatable bonds is 4. The van der Waals surface area contributed by atoms with E-state index in [1.54, 1.807) is 0 Å². The molecule has 0 aliphatic rings. The van der Waals surface area contributed by atoms with Gasteiger partial charge >= 0.3 is 12.4 Å². The fraction of sp³-hybridized carbons (Fsp3) is 0.462. The maximum Gasteiger partial charge on any atom is 0.416 e. The molecule has 0 fully saturated rings. The standard InChI is InChI=1S/C13H15F6N3.HI/c1-20-11(21-6-5-12(14,15)16)22-8-9-3-2-4-10(7-9)13(17,18)19;/h2-4,7H,5-6,8H2,1H3,(H2,20,21,22);1H. The first-order chi connectivity index (χ1) is 10.1. The van der Waals surface area contributed by atoms with Crippen LogP contribution in [0.25, 0.3) is 0 Å². The Morgan fingerprint density at radius 3 is 2.26 bits per heavy atom. The van der Waals surface area contributed by atoms with Crippen molar-refractivity contribution in [3.63, 3.8) is 0 Å². The molecule has 0 saturated heterocycles. The van der Waals surface area contributed by atoms with Gasteiger partial charge in [0.25, 0.3) is 0 Å². The predicted molar refractivity (Wildman–Crippen MR) is 85.7 cm³/mol. The van der Waals surface area contributed by atoms with Crippen LogP contribution >= 0.6 is 24.0 Å². The number of benzene rings is 1. The number of aliphatic imine (C=N–C) groups is 1. The smallest absolute Gasteiger partial charge is 0.356 e. The molecule has 0 aromatic heterocycles. The van der Waals surface area contributed by atoms with Crippen LogP contribution in [0.15, 0.2) is 29.3 Å². The highest BCUT2D eigenvalue weighted by Crippen LogP contribution is 2.29. The summed E-state index contributed by atoms with van der Waals surface area (Å²) >= 11 is 0. The lowest BCUT2D eigenvalue weighted by molar-refractivity contribution is -0.137. The third kappa shape index (κ3) is 8.86. The molecular weight excluding hydrogens is 439 g/mol. The summed E-state index contributed by atoms with van der Waals surface area (Å²) in [6.07, 6.45) is -9.76. The monoisotopic (exact) mass is 455 g/mol. The molecule has 1 aromatic rings. The number of nitrogens with zero attached hydrogens (tertiary/aromatic N) is 1. The Balaban J connectivity index is 0.00000484. The van der Waals surface area contributed by atoms with Crippen LogP contribution in [-0.4, -0.2) is 25.7 Å². The summed E-state index contributed by atoms with van der Waals surface area (Å²) in [5, 5.41) is 5.09. The largest absolute Gasteiger partial charge is 0.416 e. The maximum absolute atomic E-state index is 12.5. The molecule has 0 atom stereocenters. The Morgan fingerprint density at radius 1 is 1.09 bits per heavy atom. The topological polar surface area (TPSA) is 36.4 Å². The van der Waals surface area contributed by atoms with Gasteiger partial charge in [0.05, 0.1) is 12.0 Å². The summed E-state index contributed by atoms with van der Waals surface area (Å²) in [6.45, 7) is -0.360. The van der Waals surface area contributed by atoms with Crippen molar-refractivity contribution >= 4 is 29.9 Å². The van der Waals surface area contributed by atoms with Crippen LogP contribution in [0, 0.1) is 0 Å². The Morgan fingerprint density at radius 2 is 1.74 bits per heavy atom. The van der Waals surface area contributed by atoms with E-state index >= 15 is 0 Å². The van der Waals surface area contributed by atoms with Crippen molar-refractivity contribution < 1.29 is 26.3 Å². The van der Waals surface area contributed by atoms with E-state index in [2.05, 4.69) is 15.6 Å². The van der Waals surface area contributed by atoms with Gasteiger partial charge in [0.15, 0.2) is 5.96 Å². The number of guanidine groups is 1. The Kier molecular flexibility index (Phi) is 8.70.